The standard InChI is InChI=1S/C25H27FN4O5/c26-18-7-5-14(6-8-18)16-3-4-17-12-22(29-21(17)11-16)23(31)27-13-19(28-24(32)33)9-10-20(15-1-2-15)30-25(34)35/h3-8,11-12,15,19-20,28-30H,1-2,9-10,13H2,(H,27,31)(H,32,33)(H,34,35)/t19-,20?/m0/s1. The molecule has 0 aliphatic heterocycles. The third kappa shape index (κ3) is 6.50. The summed E-state index contributed by atoms with van der Waals surface area (Å²) in [5.41, 5.74) is 2.79. The normalized spacial score (nSPS) is 14.8. The van der Waals surface area contributed by atoms with Crippen molar-refractivity contribution in [1.29, 1.82) is 0 Å². The Kier molecular flexibility index (Phi) is 7.19. The zero-order valence-electron chi connectivity index (χ0n) is 18.9. The molecule has 1 aromatic heterocycles. The first-order valence-electron chi connectivity index (χ1n) is 11.4. The van der Waals surface area contributed by atoms with Crippen LogP contribution in [0.25, 0.3) is 22.0 Å². The lowest BCUT2D eigenvalue weighted by molar-refractivity contribution is 0.0943. The van der Waals surface area contributed by atoms with E-state index in [4.69, 9.17) is 10.2 Å². The van der Waals surface area contributed by atoms with Crippen LogP contribution in [-0.4, -0.2) is 51.9 Å². The van der Waals surface area contributed by atoms with Crippen molar-refractivity contribution in [3.63, 3.8) is 0 Å². The van der Waals surface area contributed by atoms with Crippen LogP contribution in [0, 0.1) is 11.7 Å². The molecular formula is C25H27FN4O5. The molecule has 6 N–H and O–H groups in total. The number of H-pyrrole nitrogens is 1. The van der Waals surface area contributed by atoms with Gasteiger partial charge in [-0.3, -0.25) is 4.79 Å². The van der Waals surface area contributed by atoms with E-state index in [-0.39, 0.29) is 30.2 Å². The highest BCUT2D eigenvalue weighted by Crippen LogP contribution is 2.34. The maximum absolute atomic E-state index is 13.2. The summed E-state index contributed by atoms with van der Waals surface area (Å²) in [5, 5.41) is 26.7. The Balaban J connectivity index is 1.39. The third-order valence-corrected chi connectivity index (χ3v) is 6.21. The fraction of sp³-hybridized carbons (Fsp3) is 0.320. The minimum atomic E-state index is -1.21. The van der Waals surface area contributed by atoms with Gasteiger partial charge in [-0.05, 0) is 67.0 Å². The summed E-state index contributed by atoms with van der Waals surface area (Å²) in [6.45, 7) is 0.0613. The first-order valence-corrected chi connectivity index (χ1v) is 11.4. The van der Waals surface area contributed by atoms with Crippen LogP contribution in [0.15, 0.2) is 48.5 Å². The van der Waals surface area contributed by atoms with Crippen LogP contribution in [0.4, 0.5) is 14.0 Å². The number of benzene rings is 2. The topological polar surface area (TPSA) is 144 Å². The maximum atomic E-state index is 13.2. The van der Waals surface area contributed by atoms with Crippen molar-refractivity contribution in [2.24, 2.45) is 5.92 Å². The second kappa shape index (κ2) is 10.5. The van der Waals surface area contributed by atoms with Gasteiger partial charge < -0.3 is 31.1 Å². The molecule has 0 spiro atoms. The molecule has 0 radical (unpaired) electrons. The summed E-state index contributed by atoms with van der Waals surface area (Å²) < 4.78 is 13.2. The Morgan fingerprint density at radius 2 is 1.63 bits per heavy atom. The minimum absolute atomic E-state index is 0.0613. The molecular weight excluding hydrogens is 455 g/mol. The van der Waals surface area contributed by atoms with Gasteiger partial charge in [0.15, 0.2) is 0 Å². The summed E-state index contributed by atoms with van der Waals surface area (Å²) in [5.74, 6) is -0.424. The number of carbonyl (C=O) groups excluding carboxylic acids is 1. The van der Waals surface area contributed by atoms with Crippen LogP contribution in [0.3, 0.4) is 0 Å². The predicted molar refractivity (Wildman–Crippen MR) is 128 cm³/mol. The molecule has 1 heterocycles. The molecule has 35 heavy (non-hydrogen) atoms. The van der Waals surface area contributed by atoms with Gasteiger partial charge in [0.25, 0.3) is 5.91 Å². The van der Waals surface area contributed by atoms with Crippen LogP contribution < -0.4 is 16.0 Å². The van der Waals surface area contributed by atoms with Gasteiger partial charge in [0, 0.05) is 29.5 Å². The monoisotopic (exact) mass is 482 g/mol. The van der Waals surface area contributed by atoms with Gasteiger partial charge >= 0.3 is 12.2 Å². The summed E-state index contributed by atoms with van der Waals surface area (Å²) in [6.07, 6.45) is 0.430. The van der Waals surface area contributed by atoms with Crippen LogP contribution in [0.1, 0.15) is 36.2 Å². The van der Waals surface area contributed by atoms with E-state index in [1.54, 1.807) is 18.2 Å². The number of carboxylic acid groups (broad SMARTS) is 2. The molecule has 2 atom stereocenters. The van der Waals surface area contributed by atoms with E-state index in [9.17, 15) is 18.8 Å². The summed E-state index contributed by atoms with van der Waals surface area (Å²) in [7, 11) is 0. The van der Waals surface area contributed by atoms with Crippen molar-refractivity contribution in [1.82, 2.24) is 20.9 Å². The average molecular weight is 483 g/mol. The smallest absolute Gasteiger partial charge is 0.404 e. The summed E-state index contributed by atoms with van der Waals surface area (Å²) >= 11 is 0. The fourth-order valence-corrected chi connectivity index (χ4v) is 4.25. The number of aromatic nitrogens is 1. The lowest BCUT2D eigenvalue weighted by Gasteiger charge is -2.21. The molecule has 1 unspecified atom stereocenters. The van der Waals surface area contributed by atoms with E-state index < -0.39 is 18.2 Å². The third-order valence-electron chi connectivity index (χ3n) is 6.21. The minimum Gasteiger partial charge on any atom is -0.465 e. The van der Waals surface area contributed by atoms with E-state index in [2.05, 4.69) is 20.9 Å². The molecule has 184 valence electrons. The number of hydrogen-bond acceptors (Lipinski definition) is 3. The Morgan fingerprint density at radius 3 is 2.29 bits per heavy atom. The van der Waals surface area contributed by atoms with Gasteiger partial charge in [-0.15, -0.1) is 0 Å². The van der Waals surface area contributed by atoms with Crippen LogP contribution in [-0.2, 0) is 0 Å². The molecule has 1 aliphatic rings. The summed E-state index contributed by atoms with van der Waals surface area (Å²) in [6, 6.07) is 12.7. The molecule has 0 saturated heterocycles. The molecule has 9 nitrogen and oxygen atoms in total. The second-order valence-corrected chi connectivity index (χ2v) is 8.82. The SMILES string of the molecule is O=C(O)NC(CC[C@@H](CNC(=O)c1cc2ccc(-c3ccc(F)cc3)cc2[nH]1)NC(=O)O)C1CC1. The molecule has 1 aliphatic carbocycles. The van der Waals surface area contributed by atoms with Crippen molar-refractivity contribution in [2.45, 2.75) is 37.8 Å². The summed E-state index contributed by atoms with van der Waals surface area (Å²) in [4.78, 5) is 38.1. The van der Waals surface area contributed by atoms with E-state index in [1.807, 2.05) is 18.2 Å². The number of hydrogen-bond donors (Lipinski definition) is 6. The van der Waals surface area contributed by atoms with Gasteiger partial charge in [-0.2, -0.15) is 0 Å². The van der Waals surface area contributed by atoms with Crippen molar-refractivity contribution in [3.8, 4) is 11.1 Å². The van der Waals surface area contributed by atoms with Gasteiger partial charge in [0.05, 0.1) is 0 Å². The fourth-order valence-electron chi connectivity index (χ4n) is 4.25. The number of amides is 3. The predicted octanol–water partition coefficient (Wildman–Crippen LogP) is 4.17. The lowest BCUT2D eigenvalue weighted by Crippen LogP contribution is -2.44. The second-order valence-electron chi connectivity index (χ2n) is 8.82. The number of nitrogens with one attached hydrogen (secondary N) is 4. The Labute approximate surface area is 200 Å². The van der Waals surface area contributed by atoms with Crippen LogP contribution in [0.2, 0.25) is 0 Å². The number of aromatic amines is 1. The van der Waals surface area contributed by atoms with Gasteiger partial charge in [-0.25, -0.2) is 14.0 Å². The Morgan fingerprint density at radius 1 is 0.943 bits per heavy atom. The number of halogens is 1. The first-order chi connectivity index (χ1) is 16.8. The number of carbonyl (C=O) groups is 3. The van der Waals surface area contributed by atoms with Crippen LogP contribution >= 0.6 is 0 Å². The Hall–Kier alpha value is -4.08. The largest absolute Gasteiger partial charge is 0.465 e. The van der Waals surface area contributed by atoms with Crippen molar-refractivity contribution in [3.05, 3.63) is 60.0 Å². The molecule has 1 saturated carbocycles. The van der Waals surface area contributed by atoms with Gasteiger partial charge in [-0.1, -0.05) is 24.3 Å². The van der Waals surface area contributed by atoms with Gasteiger partial charge in [0.1, 0.15) is 11.5 Å². The number of fused-ring (bicyclic) bond motifs is 1. The molecule has 2 aromatic carbocycles. The highest BCUT2D eigenvalue weighted by Gasteiger charge is 2.32. The molecule has 0 bridgehead atoms. The molecule has 10 heteroatoms. The van der Waals surface area contributed by atoms with E-state index in [0.717, 1.165) is 34.9 Å². The van der Waals surface area contributed by atoms with Crippen molar-refractivity contribution >= 4 is 29.0 Å². The molecule has 4 rings (SSSR count). The number of rotatable bonds is 10. The maximum Gasteiger partial charge on any atom is 0.404 e. The van der Waals surface area contributed by atoms with Crippen LogP contribution in [0.5, 0.6) is 0 Å². The lowest BCUT2D eigenvalue weighted by atomic mass is 10.0. The highest BCUT2D eigenvalue weighted by atomic mass is 19.1. The molecule has 3 amide bonds. The van der Waals surface area contributed by atoms with E-state index in [1.165, 1.54) is 12.1 Å². The van der Waals surface area contributed by atoms with E-state index >= 15 is 0 Å². The van der Waals surface area contributed by atoms with Gasteiger partial charge in [0.2, 0.25) is 0 Å². The van der Waals surface area contributed by atoms with E-state index in [0.29, 0.717) is 18.5 Å². The van der Waals surface area contributed by atoms with Crippen molar-refractivity contribution < 1.29 is 29.0 Å². The zero-order valence-corrected chi connectivity index (χ0v) is 18.9. The molecule has 3 aromatic rings. The van der Waals surface area contributed by atoms with Crippen molar-refractivity contribution in [2.75, 3.05) is 6.54 Å². The quantitative estimate of drug-likeness (QED) is 0.257. The zero-order chi connectivity index (χ0) is 24.9. The first kappa shape index (κ1) is 24.1. The Bertz CT molecular complexity index is 1220. The highest BCUT2D eigenvalue weighted by molar-refractivity contribution is 5.98. The average Bonchev–Trinajstić information content (AvgIpc) is 3.57. The molecule has 1 fully saturated rings.